The van der Waals surface area contributed by atoms with Crippen LogP contribution >= 0.6 is 23.2 Å². The van der Waals surface area contributed by atoms with Crippen molar-refractivity contribution in [3.05, 3.63) is 0 Å². The molecular formula is C7H10Cl2O4. The van der Waals surface area contributed by atoms with Crippen LogP contribution < -0.4 is 0 Å². The minimum absolute atomic E-state index is 0.165. The Bertz CT molecular complexity index is 154. The van der Waals surface area contributed by atoms with Gasteiger partial charge in [-0.25, -0.2) is 0 Å². The summed E-state index contributed by atoms with van der Waals surface area (Å²) in [6.07, 6.45) is 0.450. The zero-order valence-corrected chi connectivity index (χ0v) is 8.44. The maximum atomic E-state index is 10.5. The summed E-state index contributed by atoms with van der Waals surface area (Å²) in [6.45, 7) is 0.391. The highest BCUT2D eigenvalue weighted by molar-refractivity contribution is 6.26. The van der Waals surface area contributed by atoms with E-state index in [4.69, 9.17) is 23.2 Å². The third kappa shape index (κ3) is 7.87. The average molecular weight is 229 g/mol. The third-order valence-electron chi connectivity index (χ3n) is 1.03. The van der Waals surface area contributed by atoms with E-state index in [-0.39, 0.29) is 25.0 Å². The molecule has 76 valence electrons. The van der Waals surface area contributed by atoms with Crippen molar-refractivity contribution < 1.29 is 19.1 Å². The lowest BCUT2D eigenvalue weighted by Crippen LogP contribution is -2.11. The quantitative estimate of drug-likeness (QED) is 0.386. The van der Waals surface area contributed by atoms with E-state index in [2.05, 4.69) is 9.47 Å². The van der Waals surface area contributed by atoms with Crippen molar-refractivity contribution in [3.63, 3.8) is 0 Å². The van der Waals surface area contributed by atoms with Crippen molar-refractivity contribution >= 4 is 35.1 Å². The fourth-order valence-electron chi connectivity index (χ4n) is 0.508. The zero-order valence-electron chi connectivity index (χ0n) is 6.92. The molecule has 0 heterocycles. The molecule has 0 N–H and O–H groups in total. The van der Waals surface area contributed by atoms with Gasteiger partial charge in [-0.15, -0.1) is 23.2 Å². The summed E-state index contributed by atoms with van der Waals surface area (Å²) in [6, 6.07) is 0. The highest BCUT2D eigenvalue weighted by atomic mass is 35.5. The van der Waals surface area contributed by atoms with Gasteiger partial charge in [0.2, 0.25) is 0 Å². The third-order valence-corrected chi connectivity index (χ3v) is 1.47. The first-order valence-electron chi connectivity index (χ1n) is 3.64. The molecule has 4 nitrogen and oxygen atoms in total. The molecule has 0 aromatic heterocycles. The molecule has 0 aliphatic rings. The van der Waals surface area contributed by atoms with E-state index in [9.17, 15) is 9.59 Å². The van der Waals surface area contributed by atoms with Gasteiger partial charge in [-0.3, -0.25) is 9.59 Å². The van der Waals surface area contributed by atoms with Crippen LogP contribution in [0.4, 0.5) is 0 Å². The Balaban J connectivity index is 3.17. The van der Waals surface area contributed by atoms with Gasteiger partial charge < -0.3 is 9.47 Å². The molecule has 0 aromatic rings. The molecule has 0 aromatic carbocycles. The number of hydrogen-bond acceptors (Lipinski definition) is 4. The fourth-order valence-corrected chi connectivity index (χ4v) is 0.662. The number of halogens is 2. The van der Waals surface area contributed by atoms with Crippen LogP contribution in [-0.2, 0) is 19.1 Å². The van der Waals surface area contributed by atoms with Crippen molar-refractivity contribution in [1.29, 1.82) is 0 Å². The predicted octanol–water partition coefficient (Wildman–Crippen LogP) is 0.941. The molecular weight excluding hydrogens is 219 g/mol. The lowest BCUT2D eigenvalue weighted by molar-refractivity contribution is -0.143. The van der Waals surface area contributed by atoms with Crippen LogP contribution in [0, 0.1) is 0 Å². The molecule has 0 saturated carbocycles. The number of ether oxygens (including phenoxy) is 2. The molecule has 6 heteroatoms. The fraction of sp³-hybridized carbons (Fsp3) is 0.714. The van der Waals surface area contributed by atoms with Crippen molar-refractivity contribution in [3.8, 4) is 0 Å². The molecule has 0 bridgehead atoms. The van der Waals surface area contributed by atoms with Gasteiger partial charge in [-0.05, 0) is 0 Å². The molecule has 0 spiro atoms. The monoisotopic (exact) mass is 228 g/mol. The Morgan fingerprint density at radius 3 is 1.62 bits per heavy atom. The van der Waals surface area contributed by atoms with Crippen molar-refractivity contribution in [2.24, 2.45) is 0 Å². The van der Waals surface area contributed by atoms with E-state index >= 15 is 0 Å². The van der Waals surface area contributed by atoms with Crippen LogP contribution in [0.5, 0.6) is 0 Å². The number of rotatable bonds is 6. The van der Waals surface area contributed by atoms with Crippen molar-refractivity contribution in [1.82, 2.24) is 0 Å². The number of alkyl halides is 2. The number of hydrogen-bond donors (Lipinski definition) is 0. The Kier molecular flexibility index (Phi) is 7.83. The van der Waals surface area contributed by atoms with E-state index in [0.717, 1.165) is 0 Å². The van der Waals surface area contributed by atoms with E-state index in [1.54, 1.807) is 0 Å². The first-order valence-corrected chi connectivity index (χ1v) is 4.70. The van der Waals surface area contributed by atoms with Crippen LogP contribution in [0.3, 0.4) is 0 Å². The molecule has 0 aliphatic heterocycles. The summed E-state index contributed by atoms with van der Waals surface area (Å²) in [5, 5.41) is 0. The van der Waals surface area contributed by atoms with Gasteiger partial charge in [0.1, 0.15) is 11.8 Å². The molecule has 0 unspecified atom stereocenters. The minimum Gasteiger partial charge on any atom is -0.465 e. The minimum atomic E-state index is -0.481. The first-order chi connectivity index (χ1) is 6.20. The van der Waals surface area contributed by atoms with Gasteiger partial charge in [-0.1, -0.05) is 0 Å². The van der Waals surface area contributed by atoms with Crippen LogP contribution in [0.25, 0.3) is 0 Å². The maximum Gasteiger partial charge on any atom is 0.320 e. The zero-order chi connectivity index (χ0) is 10.1. The molecule has 0 aliphatic carbocycles. The van der Waals surface area contributed by atoms with Crippen LogP contribution in [0.1, 0.15) is 6.42 Å². The predicted molar refractivity (Wildman–Crippen MR) is 48.0 cm³/mol. The average Bonchev–Trinajstić information content (AvgIpc) is 2.16. The summed E-state index contributed by atoms with van der Waals surface area (Å²) in [7, 11) is 0. The number of carbonyl (C=O) groups is 2. The SMILES string of the molecule is O=C(CCl)OCCCOC(=O)CCl. The Morgan fingerprint density at radius 2 is 1.31 bits per heavy atom. The van der Waals surface area contributed by atoms with Gasteiger partial charge in [-0.2, -0.15) is 0 Å². The number of carbonyl (C=O) groups excluding carboxylic acids is 2. The summed E-state index contributed by atoms with van der Waals surface area (Å²) in [5.41, 5.74) is 0. The summed E-state index contributed by atoms with van der Waals surface area (Å²) >= 11 is 10.3. The molecule has 0 fully saturated rings. The molecule has 0 amide bonds. The van der Waals surface area contributed by atoms with Crippen molar-refractivity contribution in [2.75, 3.05) is 25.0 Å². The van der Waals surface area contributed by atoms with Gasteiger partial charge in [0, 0.05) is 6.42 Å². The van der Waals surface area contributed by atoms with Crippen molar-refractivity contribution in [2.45, 2.75) is 6.42 Å². The van der Waals surface area contributed by atoms with Gasteiger partial charge in [0.15, 0.2) is 0 Å². The second kappa shape index (κ2) is 8.13. The highest BCUT2D eigenvalue weighted by Crippen LogP contribution is 1.89. The summed E-state index contributed by atoms with van der Waals surface area (Å²) < 4.78 is 9.22. The van der Waals surface area contributed by atoms with E-state index in [0.29, 0.717) is 6.42 Å². The van der Waals surface area contributed by atoms with Gasteiger partial charge in [0.25, 0.3) is 0 Å². The lowest BCUT2D eigenvalue weighted by Gasteiger charge is -2.03. The second-order valence-electron chi connectivity index (χ2n) is 2.06. The Labute approximate surface area is 86.1 Å². The first kappa shape index (κ1) is 12.5. The van der Waals surface area contributed by atoms with Gasteiger partial charge in [0.05, 0.1) is 13.2 Å². The highest BCUT2D eigenvalue weighted by Gasteiger charge is 2.01. The largest absolute Gasteiger partial charge is 0.465 e. The summed E-state index contributed by atoms with van der Waals surface area (Å²) in [4.78, 5) is 21.0. The molecule has 0 radical (unpaired) electrons. The number of esters is 2. The van der Waals surface area contributed by atoms with Gasteiger partial charge >= 0.3 is 11.9 Å². The normalized spacial score (nSPS) is 9.38. The maximum absolute atomic E-state index is 10.5. The Hall–Kier alpha value is -0.480. The smallest absolute Gasteiger partial charge is 0.320 e. The van der Waals surface area contributed by atoms with Crippen LogP contribution in [0.2, 0.25) is 0 Å². The second-order valence-corrected chi connectivity index (χ2v) is 2.60. The molecule has 0 atom stereocenters. The van der Waals surface area contributed by atoms with E-state index < -0.39 is 11.9 Å². The molecule has 0 saturated heterocycles. The topological polar surface area (TPSA) is 52.6 Å². The van der Waals surface area contributed by atoms with Crippen LogP contribution in [0.15, 0.2) is 0 Å². The Morgan fingerprint density at radius 1 is 0.923 bits per heavy atom. The summed E-state index contributed by atoms with van der Waals surface area (Å²) in [5.74, 6) is -1.29. The van der Waals surface area contributed by atoms with E-state index in [1.807, 2.05) is 0 Å². The standard InChI is InChI=1S/C7H10Cl2O4/c8-4-6(10)12-2-1-3-13-7(11)5-9/h1-5H2. The van der Waals surface area contributed by atoms with Crippen LogP contribution in [-0.4, -0.2) is 36.9 Å². The lowest BCUT2D eigenvalue weighted by atomic mass is 10.5. The molecule has 0 rings (SSSR count). The molecule has 13 heavy (non-hydrogen) atoms. The van der Waals surface area contributed by atoms with E-state index in [1.165, 1.54) is 0 Å².